The molecule has 2 aromatic rings. The van der Waals surface area contributed by atoms with E-state index >= 15 is 0 Å². The maximum Gasteiger partial charge on any atom is 0.316 e. The molecule has 4 atom stereocenters. The van der Waals surface area contributed by atoms with Gasteiger partial charge in [-0.25, -0.2) is 4.90 Å². The summed E-state index contributed by atoms with van der Waals surface area (Å²) in [7, 11) is 0. The number of hydrogen-bond donors (Lipinski definition) is 0. The lowest BCUT2D eigenvalue weighted by Gasteiger charge is -2.22. The molecule has 5 rings (SSSR count). The average Bonchev–Trinajstić information content (AvgIpc) is 3.31. The van der Waals surface area contributed by atoms with Crippen LogP contribution in [-0.2, 0) is 19.2 Å². The van der Waals surface area contributed by atoms with Crippen LogP contribution in [0.2, 0.25) is 0 Å². The Morgan fingerprint density at radius 2 is 1.71 bits per heavy atom. The number of ether oxygens (including phenoxy) is 1. The van der Waals surface area contributed by atoms with E-state index in [4.69, 9.17) is 4.74 Å². The Hall–Kier alpha value is -3.74. The lowest BCUT2D eigenvalue weighted by molar-refractivity contribution is -0.139. The summed E-state index contributed by atoms with van der Waals surface area (Å²) in [5.41, 5.74) is 3.27. The van der Waals surface area contributed by atoms with Crippen LogP contribution >= 0.6 is 0 Å². The smallest absolute Gasteiger partial charge is 0.316 e. The zero-order valence-corrected chi connectivity index (χ0v) is 20.1. The molecule has 1 aliphatic carbocycles. The maximum atomic E-state index is 13.1. The van der Waals surface area contributed by atoms with Gasteiger partial charge >= 0.3 is 5.97 Å². The summed E-state index contributed by atoms with van der Waals surface area (Å²) in [6.07, 6.45) is 4.57. The van der Waals surface area contributed by atoms with Crippen molar-refractivity contribution in [2.75, 3.05) is 16.3 Å². The molecule has 7 nitrogen and oxygen atoms in total. The van der Waals surface area contributed by atoms with E-state index in [1.807, 2.05) is 51.1 Å². The van der Waals surface area contributed by atoms with Gasteiger partial charge in [0.1, 0.15) is 5.75 Å². The molecular weight excluding hydrogens is 444 g/mol. The van der Waals surface area contributed by atoms with Crippen LogP contribution in [0.4, 0.5) is 11.4 Å². The van der Waals surface area contributed by atoms with Crippen molar-refractivity contribution in [3.05, 3.63) is 65.7 Å². The number of allylic oxidation sites excluding steroid dienone is 2. The van der Waals surface area contributed by atoms with Gasteiger partial charge < -0.3 is 9.64 Å². The number of benzene rings is 2. The van der Waals surface area contributed by atoms with E-state index in [9.17, 15) is 19.2 Å². The van der Waals surface area contributed by atoms with E-state index in [1.165, 1.54) is 4.90 Å². The molecule has 2 aliphatic heterocycles. The Labute approximate surface area is 204 Å². The first-order chi connectivity index (χ1) is 16.7. The first kappa shape index (κ1) is 23.0. The van der Waals surface area contributed by atoms with Crippen LogP contribution in [0.15, 0.2) is 54.6 Å². The highest BCUT2D eigenvalue weighted by Crippen LogP contribution is 2.41. The summed E-state index contributed by atoms with van der Waals surface area (Å²) in [6, 6.07) is 12.4. The van der Waals surface area contributed by atoms with Gasteiger partial charge in [0, 0.05) is 24.7 Å². The molecule has 2 saturated heterocycles. The second-order valence-corrected chi connectivity index (χ2v) is 9.84. The summed E-state index contributed by atoms with van der Waals surface area (Å²) >= 11 is 0. The third kappa shape index (κ3) is 4.16. The zero-order chi connectivity index (χ0) is 24.9. The number of rotatable bonds is 4. The van der Waals surface area contributed by atoms with Gasteiger partial charge in [0.2, 0.25) is 17.7 Å². The van der Waals surface area contributed by atoms with Gasteiger partial charge in [-0.1, -0.05) is 31.2 Å². The van der Waals surface area contributed by atoms with Gasteiger partial charge in [0.05, 0.1) is 23.4 Å². The molecule has 3 aliphatic rings. The molecule has 0 N–H and O–H groups in total. The predicted octanol–water partition coefficient (Wildman–Crippen LogP) is 3.96. The number of amides is 3. The lowest BCUT2D eigenvalue weighted by Crippen LogP contribution is -2.31. The van der Waals surface area contributed by atoms with E-state index in [2.05, 4.69) is 0 Å². The second kappa shape index (κ2) is 8.80. The van der Waals surface area contributed by atoms with Crippen LogP contribution in [-0.4, -0.2) is 30.2 Å². The maximum absolute atomic E-state index is 13.1. The molecule has 2 aromatic carbocycles. The molecule has 0 radical (unpaired) electrons. The molecule has 0 bridgehead atoms. The SMILES string of the molecule is Cc1cc(C)cc(N2C[C@H](C(=O)Oc3cccc(N4C(=O)[C@@H]5[C@H](C)C=CC[C@H]5C4=O)c3)CC2=O)c1. The van der Waals surface area contributed by atoms with Gasteiger partial charge in [0.25, 0.3) is 0 Å². The predicted molar refractivity (Wildman–Crippen MR) is 131 cm³/mol. The Bertz CT molecular complexity index is 1250. The summed E-state index contributed by atoms with van der Waals surface area (Å²) in [5.74, 6) is -2.14. The Kier molecular flexibility index (Phi) is 5.79. The molecule has 3 amide bonds. The third-order valence-corrected chi connectivity index (χ3v) is 7.14. The zero-order valence-electron chi connectivity index (χ0n) is 20.1. The minimum absolute atomic E-state index is 0.00347. The van der Waals surface area contributed by atoms with Crippen molar-refractivity contribution in [1.82, 2.24) is 0 Å². The van der Waals surface area contributed by atoms with Crippen molar-refractivity contribution in [1.29, 1.82) is 0 Å². The van der Waals surface area contributed by atoms with E-state index in [0.717, 1.165) is 16.8 Å². The van der Waals surface area contributed by atoms with Crippen LogP contribution in [0.5, 0.6) is 5.75 Å². The summed E-state index contributed by atoms with van der Waals surface area (Å²) in [6.45, 7) is 6.14. The van der Waals surface area contributed by atoms with Crippen LogP contribution in [0, 0.1) is 37.5 Å². The summed E-state index contributed by atoms with van der Waals surface area (Å²) in [5, 5.41) is 0. The molecule has 180 valence electrons. The molecule has 2 heterocycles. The van der Waals surface area contributed by atoms with E-state index in [1.54, 1.807) is 29.2 Å². The number of imide groups is 1. The fourth-order valence-corrected chi connectivity index (χ4v) is 5.51. The summed E-state index contributed by atoms with van der Waals surface area (Å²) in [4.78, 5) is 54.5. The van der Waals surface area contributed by atoms with Crippen molar-refractivity contribution in [3.63, 3.8) is 0 Å². The van der Waals surface area contributed by atoms with E-state index < -0.39 is 11.9 Å². The number of esters is 1. The number of carbonyl (C=O) groups excluding carboxylic acids is 4. The first-order valence-corrected chi connectivity index (χ1v) is 12.0. The quantitative estimate of drug-likeness (QED) is 0.291. The van der Waals surface area contributed by atoms with Crippen molar-refractivity contribution >= 4 is 35.1 Å². The number of anilines is 2. The van der Waals surface area contributed by atoms with Crippen LogP contribution in [0.3, 0.4) is 0 Å². The number of aryl methyl sites for hydroxylation is 2. The molecular formula is C28H28N2O5. The lowest BCUT2D eigenvalue weighted by atomic mass is 9.78. The highest BCUT2D eigenvalue weighted by molar-refractivity contribution is 6.22. The minimum atomic E-state index is -0.600. The first-order valence-electron chi connectivity index (χ1n) is 12.0. The molecule has 35 heavy (non-hydrogen) atoms. The van der Waals surface area contributed by atoms with Crippen LogP contribution < -0.4 is 14.5 Å². The Balaban J connectivity index is 1.30. The fraction of sp³-hybridized carbons (Fsp3) is 0.357. The van der Waals surface area contributed by atoms with Gasteiger partial charge in [-0.15, -0.1) is 0 Å². The summed E-state index contributed by atoms with van der Waals surface area (Å²) < 4.78 is 5.61. The van der Waals surface area contributed by atoms with E-state index in [-0.39, 0.29) is 54.2 Å². The topological polar surface area (TPSA) is 84.0 Å². The highest BCUT2D eigenvalue weighted by Gasteiger charge is 2.50. The van der Waals surface area contributed by atoms with Gasteiger partial charge in [0.15, 0.2) is 0 Å². The molecule has 0 spiro atoms. The fourth-order valence-electron chi connectivity index (χ4n) is 5.51. The molecule has 7 heteroatoms. The number of fused-ring (bicyclic) bond motifs is 1. The van der Waals surface area contributed by atoms with Crippen molar-refractivity contribution in [2.24, 2.45) is 23.7 Å². The van der Waals surface area contributed by atoms with Crippen molar-refractivity contribution < 1.29 is 23.9 Å². The molecule has 0 unspecified atom stereocenters. The number of nitrogens with zero attached hydrogens (tertiary/aromatic N) is 2. The average molecular weight is 473 g/mol. The second-order valence-electron chi connectivity index (χ2n) is 9.84. The minimum Gasteiger partial charge on any atom is -0.426 e. The monoisotopic (exact) mass is 472 g/mol. The largest absolute Gasteiger partial charge is 0.426 e. The van der Waals surface area contributed by atoms with Crippen molar-refractivity contribution in [2.45, 2.75) is 33.6 Å². The highest BCUT2D eigenvalue weighted by atomic mass is 16.5. The Morgan fingerprint density at radius 1 is 0.971 bits per heavy atom. The molecule has 2 fully saturated rings. The van der Waals surface area contributed by atoms with Gasteiger partial charge in [-0.2, -0.15) is 0 Å². The molecule has 0 aromatic heterocycles. The third-order valence-electron chi connectivity index (χ3n) is 7.14. The van der Waals surface area contributed by atoms with Crippen LogP contribution in [0.1, 0.15) is 30.9 Å². The van der Waals surface area contributed by atoms with Gasteiger partial charge in [-0.3, -0.25) is 19.2 Å². The number of carbonyl (C=O) groups is 4. The van der Waals surface area contributed by atoms with E-state index in [0.29, 0.717) is 12.1 Å². The Morgan fingerprint density at radius 3 is 2.43 bits per heavy atom. The molecule has 0 saturated carbocycles. The normalized spacial score (nSPS) is 25.9. The van der Waals surface area contributed by atoms with Crippen LogP contribution in [0.25, 0.3) is 0 Å². The van der Waals surface area contributed by atoms with Gasteiger partial charge in [-0.05, 0) is 61.6 Å². The van der Waals surface area contributed by atoms with Crippen molar-refractivity contribution in [3.8, 4) is 5.75 Å². The number of hydrogen-bond acceptors (Lipinski definition) is 5. The standard InChI is InChI=1S/C28H28N2O5/c1-16-10-17(2)12-21(11-16)29-15-19(13-24(29)31)28(34)35-22-8-5-7-20(14-22)30-26(32)23-9-4-6-18(3)25(23)27(30)33/h4-8,10-12,14,18-19,23,25H,9,13,15H2,1-3H3/t18-,19-,23-,25-/m1/s1.